The number of guanidine groups is 1. The van der Waals surface area contributed by atoms with Crippen molar-refractivity contribution in [2.24, 2.45) is 10.7 Å². The van der Waals surface area contributed by atoms with E-state index in [4.69, 9.17) is 5.73 Å². The standard InChI is InChI=1S/C16H16N4OS/c1-10(12-9-18-13-6-3-2-5-11(12)13)19-16(17)20-15(21)14-7-4-8-22-14/h2-10,18H,1H3,(H3,17,19,20,21). The molecule has 0 spiro atoms. The number of thiophene rings is 1. The van der Waals surface area contributed by atoms with E-state index in [-0.39, 0.29) is 17.9 Å². The first kappa shape index (κ1) is 14.3. The van der Waals surface area contributed by atoms with Gasteiger partial charge < -0.3 is 10.7 Å². The molecular weight excluding hydrogens is 296 g/mol. The first-order valence-corrected chi connectivity index (χ1v) is 7.77. The van der Waals surface area contributed by atoms with E-state index in [1.165, 1.54) is 11.3 Å². The van der Waals surface area contributed by atoms with Crippen LogP contribution < -0.4 is 11.1 Å². The first-order valence-electron chi connectivity index (χ1n) is 6.89. The van der Waals surface area contributed by atoms with Gasteiger partial charge in [-0.3, -0.25) is 10.1 Å². The van der Waals surface area contributed by atoms with Gasteiger partial charge in [0, 0.05) is 22.7 Å². The van der Waals surface area contributed by atoms with Gasteiger partial charge in [-0.15, -0.1) is 11.3 Å². The highest BCUT2D eigenvalue weighted by atomic mass is 32.1. The van der Waals surface area contributed by atoms with Crippen molar-refractivity contribution in [1.29, 1.82) is 0 Å². The van der Waals surface area contributed by atoms with Crippen molar-refractivity contribution < 1.29 is 4.79 Å². The molecule has 0 aliphatic carbocycles. The molecule has 0 bridgehead atoms. The van der Waals surface area contributed by atoms with Crippen LogP contribution in [-0.2, 0) is 0 Å². The molecule has 1 atom stereocenters. The van der Waals surface area contributed by atoms with Crippen molar-refractivity contribution in [3.8, 4) is 0 Å². The van der Waals surface area contributed by atoms with Gasteiger partial charge in [-0.2, -0.15) is 0 Å². The number of carbonyl (C=O) groups excluding carboxylic acids is 1. The van der Waals surface area contributed by atoms with Gasteiger partial charge in [-0.25, -0.2) is 4.99 Å². The van der Waals surface area contributed by atoms with E-state index >= 15 is 0 Å². The number of aromatic nitrogens is 1. The SMILES string of the molecule is CC(N=C(N)NC(=O)c1cccs1)c1c[nH]c2ccccc12. The molecule has 1 aromatic carbocycles. The Kier molecular flexibility index (Phi) is 3.93. The zero-order chi connectivity index (χ0) is 15.5. The van der Waals surface area contributed by atoms with Gasteiger partial charge in [0.25, 0.3) is 5.91 Å². The van der Waals surface area contributed by atoms with Crippen molar-refractivity contribution in [2.75, 3.05) is 0 Å². The number of hydrogen-bond acceptors (Lipinski definition) is 3. The summed E-state index contributed by atoms with van der Waals surface area (Å²) in [6, 6.07) is 11.4. The average Bonchev–Trinajstić information content (AvgIpc) is 3.16. The molecule has 5 nitrogen and oxygen atoms in total. The van der Waals surface area contributed by atoms with E-state index < -0.39 is 0 Å². The van der Waals surface area contributed by atoms with E-state index in [1.807, 2.05) is 48.8 Å². The molecular formula is C16H16N4OS. The maximum Gasteiger partial charge on any atom is 0.268 e. The highest BCUT2D eigenvalue weighted by Gasteiger charge is 2.12. The Hall–Kier alpha value is -2.60. The first-order chi connectivity index (χ1) is 10.6. The van der Waals surface area contributed by atoms with Crippen LogP contribution in [0.15, 0.2) is 53.0 Å². The van der Waals surface area contributed by atoms with Gasteiger partial charge in [0.1, 0.15) is 0 Å². The molecule has 112 valence electrons. The minimum absolute atomic E-state index is 0.121. The Balaban J connectivity index is 1.77. The fourth-order valence-electron chi connectivity index (χ4n) is 2.34. The van der Waals surface area contributed by atoms with Crippen LogP contribution in [0.3, 0.4) is 0 Å². The van der Waals surface area contributed by atoms with Gasteiger partial charge in [-0.05, 0) is 24.4 Å². The van der Waals surface area contributed by atoms with Crippen molar-refractivity contribution >= 4 is 34.1 Å². The number of benzene rings is 1. The summed E-state index contributed by atoms with van der Waals surface area (Å²) in [6.07, 6.45) is 1.92. The van der Waals surface area contributed by atoms with Gasteiger partial charge in [0.15, 0.2) is 5.96 Å². The lowest BCUT2D eigenvalue weighted by molar-refractivity contribution is 0.0980. The number of aromatic amines is 1. The van der Waals surface area contributed by atoms with Crippen LogP contribution >= 0.6 is 11.3 Å². The van der Waals surface area contributed by atoms with Crippen LogP contribution in [0.2, 0.25) is 0 Å². The normalized spacial score (nSPS) is 13.2. The summed E-state index contributed by atoms with van der Waals surface area (Å²) in [7, 11) is 0. The molecule has 3 rings (SSSR count). The minimum atomic E-state index is -0.234. The summed E-state index contributed by atoms with van der Waals surface area (Å²) in [5, 5.41) is 5.56. The number of carbonyl (C=O) groups is 1. The van der Waals surface area contributed by atoms with Crippen molar-refractivity contribution in [3.63, 3.8) is 0 Å². The Morgan fingerprint density at radius 1 is 1.32 bits per heavy atom. The van der Waals surface area contributed by atoms with Crippen LogP contribution in [0.25, 0.3) is 10.9 Å². The van der Waals surface area contributed by atoms with E-state index in [0.717, 1.165) is 16.5 Å². The summed E-state index contributed by atoms with van der Waals surface area (Å²) in [5.41, 5.74) is 7.95. The number of nitrogens with zero attached hydrogens (tertiary/aromatic N) is 1. The monoisotopic (exact) mass is 312 g/mol. The number of fused-ring (bicyclic) bond motifs is 1. The lowest BCUT2D eigenvalue weighted by Gasteiger charge is -2.08. The van der Waals surface area contributed by atoms with Crippen LogP contribution in [0.1, 0.15) is 28.2 Å². The lowest BCUT2D eigenvalue weighted by atomic mass is 10.1. The largest absolute Gasteiger partial charge is 0.370 e. The Morgan fingerprint density at radius 2 is 2.14 bits per heavy atom. The number of amides is 1. The van der Waals surface area contributed by atoms with Gasteiger partial charge >= 0.3 is 0 Å². The van der Waals surface area contributed by atoms with Gasteiger partial charge in [0.05, 0.1) is 10.9 Å². The molecule has 2 aromatic heterocycles. The highest BCUT2D eigenvalue weighted by Crippen LogP contribution is 2.25. The number of aliphatic imine (C=N–C) groups is 1. The third kappa shape index (κ3) is 2.87. The lowest BCUT2D eigenvalue weighted by Crippen LogP contribution is -2.36. The molecule has 0 radical (unpaired) electrons. The quantitative estimate of drug-likeness (QED) is 0.513. The van der Waals surface area contributed by atoms with Gasteiger partial charge in [-0.1, -0.05) is 24.3 Å². The summed E-state index contributed by atoms with van der Waals surface area (Å²) >= 11 is 1.36. The second kappa shape index (κ2) is 6.03. The molecule has 3 aromatic rings. The summed E-state index contributed by atoms with van der Waals surface area (Å²) < 4.78 is 0. The van der Waals surface area contributed by atoms with Crippen LogP contribution in [0.5, 0.6) is 0 Å². The molecule has 0 aliphatic heterocycles. The third-order valence-electron chi connectivity index (χ3n) is 3.39. The number of nitrogens with two attached hydrogens (primary N) is 1. The summed E-state index contributed by atoms with van der Waals surface area (Å²) in [5.74, 6) is -0.112. The fourth-order valence-corrected chi connectivity index (χ4v) is 2.95. The molecule has 0 aliphatic rings. The molecule has 22 heavy (non-hydrogen) atoms. The maximum atomic E-state index is 11.9. The van der Waals surface area contributed by atoms with Crippen molar-refractivity contribution in [1.82, 2.24) is 10.3 Å². The molecule has 1 amide bonds. The second-order valence-electron chi connectivity index (χ2n) is 4.91. The predicted octanol–water partition coefficient (Wildman–Crippen LogP) is 3.04. The number of nitrogens with one attached hydrogen (secondary N) is 2. The number of hydrogen-bond donors (Lipinski definition) is 3. The fraction of sp³-hybridized carbons (Fsp3) is 0.125. The van der Waals surface area contributed by atoms with Crippen LogP contribution in [-0.4, -0.2) is 16.9 Å². The van der Waals surface area contributed by atoms with Crippen LogP contribution in [0, 0.1) is 0 Å². The predicted molar refractivity (Wildman–Crippen MR) is 90.1 cm³/mol. The van der Waals surface area contributed by atoms with E-state index in [1.54, 1.807) is 6.07 Å². The Labute approximate surface area is 131 Å². The summed E-state index contributed by atoms with van der Waals surface area (Å²) in [6.45, 7) is 1.94. The van der Waals surface area contributed by atoms with Gasteiger partial charge in [0.2, 0.25) is 0 Å². The topological polar surface area (TPSA) is 83.3 Å². The summed E-state index contributed by atoms with van der Waals surface area (Å²) in [4.78, 5) is 20.1. The zero-order valence-corrected chi connectivity index (χ0v) is 12.9. The number of para-hydroxylation sites is 1. The molecule has 0 saturated carbocycles. The average molecular weight is 312 g/mol. The maximum absolute atomic E-state index is 11.9. The number of H-pyrrole nitrogens is 1. The Bertz CT molecular complexity index is 820. The molecule has 0 fully saturated rings. The second-order valence-corrected chi connectivity index (χ2v) is 5.86. The van der Waals surface area contributed by atoms with Crippen molar-refractivity contribution in [3.05, 3.63) is 58.4 Å². The molecule has 2 heterocycles. The molecule has 0 saturated heterocycles. The van der Waals surface area contributed by atoms with E-state index in [0.29, 0.717) is 4.88 Å². The molecule has 1 unspecified atom stereocenters. The van der Waals surface area contributed by atoms with Crippen LogP contribution in [0.4, 0.5) is 0 Å². The minimum Gasteiger partial charge on any atom is -0.370 e. The highest BCUT2D eigenvalue weighted by molar-refractivity contribution is 7.12. The smallest absolute Gasteiger partial charge is 0.268 e. The van der Waals surface area contributed by atoms with Crippen molar-refractivity contribution in [2.45, 2.75) is 13.0 Å². The number of rotatable bonds is 3. The molecule has 4 N–H and O–H groups in total. The Morgan fingerprint density at radius 3 is 2.91 bits per heavy atom. The molecule has 6 heteroatoms. The zero-order valence-electron chi connectivity index (χ0n) is 12.0. The van der Waals surface area contributed by atoms with E-state index in [9.17, 15) is 4.79 Å². The third-order valence-corrected chi connectivity index (χ3v) is 4.26. The van der Waals surface area contributed by atoms with E-state index in [2.05, 4.69) is 15.3 Å².